The summed E-state index contributed by atoms with van der Waals surface area (Å²) in [5, 5.41) is 7.50. The molecule has 152 valence electrons. The predicted molar refractivity (Wildman–Crippen MR) is 112 cm³/mol. The van der Waals surface area contributed by atoms with E-state index in [1.54, 1.807) is 24.5 Å². The Morgan fingerprint density at radius 2 is 1.97 bits per heavy atom. The average Bonchev–Trinajstić information content (AvgIpc) is 3.21. The van der Waals surface area contributed by atoms with E-state index in [0.29, 0.717) is 22.5 Å². The summed E-state index contributed by atoms with van der Waals surface area (Å²) in [6, 6.07) is 12.3. The molecule has 4 rings (SSSR count). The molecule has 0 aliphatic heterocycles. The molecule has 9 nitrogen and oxygen atoms in total. The van der Waals surface area contributed by atoms with Crippen LogP contribution in [0, 0.1) is 0 Å². The van der Waals surface area contributed by atoms with Gasteiger partial charge in [-0.3, -0.25) is 14.6 Å². The molecule has 0 fully saturated rings. The van der Waals surface area contributed by atoms with Crippen LogP contribution < -0.4 is 15.2 Å². The summed E-state index contributed by atoms with van der Waals surface area (Å²) in [5.74, 6) is -0.153. The van der Waals surface area contributed by atoms with E-state index in [2.05, 4.69) is 19.9 Å². The predicted octanol–water partition coefficient (Wildman–Crippen LogP) is 2.53. The fourth-order valence-corrected chi connectivity index (χ4v) is 4.09. The summed E-state index contributed by atoms with van der Waals surface area (Å²) in [5.41, 5.74) is 7.54. The zero-order valence-electron chi connectivity index (χ0n) is 15.8. The van der Waals surface area contributed by atoms with E-state index < -0.39 is 15.9 Å². The maximum atomic E-state index is 12.9. The Bertz CT molecular complexity index is 1360. The van der Waals surface area contributed by atoms with Crippen LogP contribution in [-0.2, 0) is 10.0 Å². The number of nitrogens with two attached hydrogens (primary N) is 1. The van der Waals surface area contributed by atoms with E-state index in [-0.39, 0.29) is 16.1 Å². The van der Waals surface area contributed by atoms with E-state index in [4.69, 9.17) is 10.5 Å². The maximum Gasteiger partial charge on any atom is 0.261 e. The van der Waals surface area contributed by atoms with Crippen molar-refractivity contribution in [2.45, 2.75) is 4.90 Å². The lowest BCUT2D eigenvalue weighted by molar-refractivity contribution is 0.100. The van der Waals surface area contributed by atoms with Crippen molar-refractivity contribution >= 4 is 32.7 Å². The van der Waals surface area contributed by atoms with Gasteiger partial charge in [-0.2, -0.15) is 5.10 Å². The minimum absolute atomic E-state index is 0.0232. The van der Waals surface area contributed by atoms with E-state index in [0.717, 1.165) is 5.39 Å². The second-order valence-corrected chi connectivity index (χ2v) is 8.13. The molecule has 2 heterocycles. The molecule has 0 radical (unpaired) electrons. The Balaban J connectivity index is 1.74. The van der Waals surface area contributed by atoms with Crippen molar-refractivity contribution in [1.82, 2.24) is 15.2 Å². The lowest BCUT2D eigenvalue weighted by Crippen LogP contribution is -2.15. The number of anilines is 1. The number of aromatic amines is 1. The minimum atomic E-state index is -3.94. The molecule has 0 bridgehead atoms. The van der Waals surface area contributed by atoms with Gasteiger partial charge in [-0.15, -0.1) is 0 Å². The van der Waals surface area contributed by atoms with Crippen molar-refractivity contribution in [2.24, 2.45) is 5.73 Å². The first-order valence-corrected chi connectivity index (χ1v) is 10.3. The summed E-state index contributed by atoms with van der Waals surface area (Å²) in [4.78, 5) is 15.7. The molecular weight excluding hydrogens is 406 g/mol. The number of nitrogens with one attached hydrogen (secondary N) is 2. The fourth-order valence-electron chi connectivity index (χ4n) is 3.01. The van der Waals surface area contributed by atoms with Gasteiger partial charge in [0.2, 0.25) is 5.91 Å². The molecule has 2 aromatic heterocycles. The number of benzene rings is 2. The molecule has 0 atom stereocenters. The van der Waals surface area contributed by atoms with Crippen LogP contribution in [0.2, 0.25) is 0 Å². The van der Waals surface area contributed by atoms with Gasteiger partial charge in [0.15, 0.2) is 5.65 Å². The number of aromatic nitrogens is 3. The first kappa shape index (κ1) is 19.4. The molecule has 30 heavy (non-hydrogen) atoms. The molecule has 0 unspecified atom stereocenters. The van der Waals surface area contributed by atoms with Crippen molar-refractivity contribution in [2.75, 3.05) is 11.8 Å². The van der Waals surface area contributed by atoms with Gasteiger partial charge >= 0.3 is 0 Å². The first-order chi connectivity index (χ1) is 14.4. The third-order valence-corrected chi connectivity index (χ3v) is 5.86. The SMILES string of the molecule is COc1ccc(S(=O)(=O)Nc2cccc(C(N)=O)c2)cc1-c1cnc2[nH]ncc2c1. The van der Waals surface area contributed by atoms with Gasteiger partial charge in [0.05, 0.1) is 18.2 Å². The van der Waals surface area contributed by atoms with E-state index in [1.165, 1.54) is 37.4 Å². The van der Waals surface area contributed by atoms with Crippen LogP contribution in [0.1, 0.15) is 10.4 Å². The fraction of sp³-hybridized carbons (Fsp3) is 0.0500. The number of carbonyl (C=O) groups excluding carboxylic acids is 1. The average molecular weight is 423 g/mol. The van der Waals surface area contributed by atoms with E-state index in [1.807, 2.05) is 6.07 Å². The van der Waals surface area contributed by atoms with Crippen LogP contribution >= 0.6 is 0 Å². The first-order valence-electron chi connectivity index (χ1n) is 8.77. The number of primary amides is 1. The highest BCUT2D eigenvalue weighted by Gasteiger charge is 2.18. The number of pyridine rings is 1. The summed E-state index contributed by atoms with van der Waals surface area (Å²) in [6.45, 7) is 0. The smallest absolute Gasteiger partial charge is 0.261 e. The molecule has 0 saturated heterocycles. The third-order valence-electron chi connectivity index (χ3n) is 4.48. The topological polar surface area (TPSA) is 140 Å². The van der Waals surface area contributed by atoms with E-state index >= 15 is 0 Å². The normalized spacial score (nSPS) is 11.4. The number of carbonyl (C=O) groups is 1. The number of fused-ring (bicyclic) bond motifs is 1. The second-order valence-electron chi connectivity index (χ2n) is 6.44. The largest absolute Gasteiger partial charge is 0.496 e. The molecule has 4 aromatic rings. The van der Waals surface area contributed by atoms with Crippen LogP contribution in [0.3, 0.4) is 0 Å². The van der Waals surface area contributed by atoms with Gasteiger partial charge in [0, 0.05) is 34.0 Å². The Morgan fingerprint density at radius 3 is 2.73 bits per heavy atom. The zero-order valence-corrected chi connectivity index (χ0v) is 16.6. The number of H-pyrrole nitrogens is 1. The Morgan fingerprint density at radius 1 is 1.13 bits per heavy atom. The lowest BCUT2D eigenvalue weighted by Gasteiger charge is -2.13. The summed E-state index contributed by atoms with van der Waals surface area (Å²) < 4.78 is 33.7. The molecule has 2 aromatic carbocycles. The van der Waals surface area contributed by atoms with Gasteiger partial charge in [-0.25, -0.2) is 13.4 Å². The number of sulfonamides is 1. The van der Waals surface area contributed by atoms with Crippen LogP contribution in [0.15, 0.2) is 65.8 Å². The summed E-state index contributed by atoms with van der Waals surface area (Å²) >= 11 is 0. The van der Waals surface area contributed by atoms with Crippen molar-refractivity contribution < 1.29 is 17.9 Å². The lowest BCUT2D eigenvalue weighted by atomic mass is 10.1. The van der Waals surface area contributed by atoms with Crippen LogP contribution in [0.4, 0.5) is 5.69 Å². The number of ether oxygens (including phenoxy) is 1. The number of nitrogens with zero attached hydrogens (tertiary/aromatic N) is 2. The summed E-state index contributed by atoms with van der Waals surface area (Å²) in [6.07, 6.45) is 3.24. The molecule has 0 aliphatic carbocycles. The van der Waals surface area contributed by atoms with E-state index in [9.17, 15) is 13.2 Å². The standard InChI is InChI=1S/C20H17N5O4S/c1-29-18-6-5-16(9-17(18)13-7-14-11-23-24-20(14)22-10-13)30(27,28)25-15-4-2-3-12(8-15)19(21)26/h2-11,25H,1H3,(H2,21,26)(H,22,23,24). The number of hydrogen-bond acceptors (Lipinski definition) is 6. The highest BCUT2D eigenvalue weighted by atomic mass is 32.2. The van der Waals surface area contributed by atoms with Gasteiger partial charge in [-0.05, 0) is 42.5 Å². The Labute approximate surface area is 171 Å². The highest BCUT2D eigenvalue weighted by Crippen LogP contribution is 2.33. The number of methoxy groups -OCH3 is 1. The van der Waals surface area contributed by atoms with Gasteiger partial charge in [-0.1, -0.05) is 6.07 Å². The minimum Gasteiger partial charge on any atom is -0.496 e. The van der Waals surface area contributed by atoms with Gasteiger partial charge in [0.25, 0.3) is 10.0 Å². The second kappa shape index (κ2) is 7.48. The Hall–Kier alpha value is -3.92. The van der Waals surface area contributed by atoms with Crippen molar-refractivity contribution in [3.05, 3.63) is 66.5 Å². The quantitative estimate of drug-likeness (QED) is 0.435. The monoisotopic (exact) mass is 423 g/mol. The number of rotatable bonds is 6. The molecule has 0 saturated carbocycles. The third kappa shape index (κ3) is 3.67. The van der Waals surface area contributed by atoms with Crippen molar-refractivity contribution in [3.63, 3.8) is 0 Å². The Kier molecular flexibility index (Phi) is 4.84. The van der Waals surface area contributed by atoms with Crippen LogP contribution in [0.25, 0.3) is 22.2 Å². The van der Waals surface area contributed by atoms with Crippen LogP contribution in [-0.4, -0.2) is 36.6 Å². The maximum absolute atomic E-state index is 12.9. The number of amides is 1. The molecule has 4 N–H and O–H groups in total. The number of hydrogen-bond donors (Lipinski definition) is 3. The highest BCUT2D eigenvalue weighted by molar-refractivity contribution is 7.92. The van der Waals surface area contributed by atoms with Crippen molar-refractivity contribution in [1.29, 1.82) is 0 Å². The van der Waals surface area contributed by atoms with Crippen LogP contribution in [0.5, 0.6) is 5.75 Å². The molecule has 0 aliphatic rings. The van der Waals surface area contributed by atoms with Crippen molar-refractivity contribution in [3.8, 4) is 16.9 Å². The van der Waals surface area contributed by atoms with Gasteiger partial charge in [0.1, 0.15) is 5.75 Å². The zero-order chi connectivity index (χ0) is 21.3. The summed E-state index contributed by atoms with van der Waals surface area (Å²) in [7, 11) is -2.44. The molecule has 0 spiro atoms. The molecule has 10 heteroatoms. The van der Waals surface area contributed by atoms with Gasteiger partial charge < -0.3 is 10.5 Å². The molecule has 1 amide bonds. The molecular formula is C20H17N5O4S.